The van der Waals surface area contributed by atoms with Gasteiger partial charge in [-0.05, 0) is 33.6 Å². The highest BCUT2D eigenvalue weighted by molar-refractivity contribution is 5.84. The summed E-state index contributed by atoms with van der Waals surface area (Å²) in [7, 11) is 0. The average molecular weight is 251 g/mol. The van der Waals surface area contributed by atoms with E-state index in [9.17, 15) is 9.59 Å². The normalized spacial score (nSPS) is 20.1. The highest BCUT2D eigenvalue weighted by Crippen LogP contribution is 2.20. The topological polar surface area (TPSA) is 46.6 Å². The summed E-state index contributed by atoms with van der Waals surface area (Å²) in [6.07, 6.45) is 6.56. The summed E-state index contributed by atoms with van der Waals surface area (Å²) in [6, 6.07) is 0. The van der Waals surface area contributed by atoms with E-state index in [-0.39, 0.29) is 24.2 Å². The van der Waals surface area contributed by atoms with Gasteiger partial charge in [0.1, 0.15) is 11.4 Å². The Kier molecular flexibility index (Phi) is 4.77. The Balaban J connectivity index is 2.56. The first-order chi connectivity index (χ1) is 8.33. The highest BCUT2D eigenvalue weighted by Gasteiger charge is 2.30. The lowest BCUT2D eigenvalue weighted by atomic mass is 9.92. The van der Waals surface area contributed by atoms with E-state index in [1.807, 2.05) is 20.8 Å². The van der Waals surface area contributed by atoms with Gasteiger partial charge in [-0.15, -0.1) is 6.42 Å². The van der Waals surface area contributed by atoms with Crippen molar-refractivity contribution in [2.75, 3.05) is 13.1 Å². The van der Waals surface area contributed by atoms with Crippen LogP contribution in [-0.4, -0.2) is 35.5 Å². The average Bonchev–Trinajstić information content (AvgIpc) is 2.27. The Hall–Kier alpha value is -1.50. The van der Waals surface area contributed by atoms with Crippen LogP contribution in [0.15, 0.2) is 0 Å². The van der Waals surface area contributed by atoms with Gasteiger partial charge in [0.05, 0.1) is 6.42 Å². The second-order valence-electron chi connectivity index (χ2n) is 5.61. The van der Waals surface area contributed by atoms with Gasteiger partial charge in [0.25, 0.3) is 0 Å². The number of rotatable bonds is 2. The number of Topliss-reactive ketones (excluding diaryl/α,β-unsaturated/α-hetero) is 1. The van der Waals surface area contributed by atoms with E-state index in [4.69, 9.17) is 11.2 Å². The highest BCUT2D eigenvalue weighted by atomic mass is 16.6. The second-order valence-corrected chi connectivity index (χ2v) is 5.61. The summed E-state index contributed by atoms with van der Waals surface area (Å²) in [5.74, 6) is 2.27. The van der Waals surface area contributed by atoms with Gasteiger partial charge in [0, 0.05) is 19.0 Å². The summed E-state index contributed by atoms with van der Waals surface area (Å²) in [6.45, 7) is 6.56. The zero-order valence-electron chi connectivity index (χ0n) is 11.4. The van der Waals surface area contributed by atoms with Gasteiger partial charge in [0.15, 0.2) is 0 Å². The summed E-state index contributed by atoms with van der Waals surface area (Å²) < 4.78 is 5.30. The Bertz CT molecular complexity index is 362. The quantitative estimate of drug-likeness (QED) is 0.707. The third-order valence-electron chi connectivity index (χ3n) is 2.80. The van der Waals surface area contributed by atoms with Crippen molar-refractivity contribution in [3.63, 3.8) is 0 Å². The molecule has 1 heterocycles. The lowest BCUT2D eigenvalue weighted by molar-refractivity contribution is -0.123. The minimum absolute atomic E-state index is 0.0470. The number of likely N-dealkylation sites (tertiary alicyclic amines) is 1. The maximum absolute atomic E-state index is 11.9. The summed E-state index contributed by atoms with van der Waals surface area (Å²) in [4.78, 5) is 25.2. The molecule has 0 aromatic heterocycles. The van der Waals surface area contributed by atoms with Gasteiger partial charge in [-0.1, -0.05) is 5.92 Å². The second kappa shape index (κ2) is 5.90. The van der Waals surface area contributed by atoms with Gasteiger partial charge in [-0.2, -0.15) is 0 Å². The summed E-state index contributed by atoms with van der Waals surface area (Å²) in [5.41, 5.74) is -0.507. The van der Waals surface area contributed by atoms with Crippen LogP contribution in [-0.2, 0) is 9.53 Å². The number of amides is 1. The van der Waals surface area contributed by atoms with Crippen molar-refractivity contribution in [1.29, 1.82) is 0 Å². The molecule has 1 saturated heterocycles. The van der Waals surface area contributed by atoms with E-state index in [0.29, 0.717) is 13.1 Å². The first-order valence-electron chi connectivity index (χ1n) is 6.27. The molecule has 4 heteroatoms. The molecule has 1 aliphatic rings. The lowest BCUT2D eigenvalue weighted by Gasteiger charge is -2.33. The van der Waals surface area contributed by atoms with E-state index in [2.05, 4.69) is 5.92 Å². The minimum Gasteiger partial charge on any atom is -0.444 e. The first-order valence-corrected chi connectivity index (χ1v) is 6.27. The van der Waals surface area contributed by atoms with E-state index in [1.165, 1.54) is 0 Å². The molecule has 0 radical (unpaired) electrons. The third kappa shape index (κ3) is 4.40. The Morgan fingerprint density at radius 2 is 2.11 bits per heavy atom. The predicted octanol–water partition coefficient (Wildman–Crippen LogP) is 2.23. The largest absolute Gasteiger partial charge is 0.444 e. The predicted molar refractivity (Wildman–Crippen MR) is 69.0 cm³/mol. The van der Waals surface area contributed by atoms with Crippen LogP contribution in [0.2, 0.25) is 0 Å². The number of nitrogens with zero attached hydrogens (tertiary/aromatic N) is 1. The van der Waals surface area contributed by atoms with Crippen LogP contribution < -0.4 is 0 Å². The van der Waals surface area contributed by atoms with Gasteiger partial charge in [-0.3, -0.25) is 4.79 Å². The Morgan fingerprint density at radius 3 is 2.67 bits per heavy atom. The van der Waals surface area contributed by atoms with Crippen molar-refractivity contribution in [3.8, 4) is 12.3 Å². The number of ether oxygens (including phenoxy) is 1. The maximum atomic E-state index is 11.9. The molecule has 0 spiro atoms. The number of hydrogen-bond donors (Lipinski definition) is 0. The van der Waals surface area contributed by atoms with Crippen LogP contribution in [0.25, 0.3) is 0 Å². The molecule has 1 amide bonds. The van der Waals surface area contributed by atoms with Crippen molar-refractivity contribution < 1.29 is 14.3 Å². The summed E-state index contributed by atoms with van der Waals surface area (Å²) >= 11 is 0. The molecule has 0 saturated carbocycles. The van der Waals surface area contributed by atoms with Crippen molar-refractivity contribution in [3.05, 3.63) is 0 Å². The number of carbonyl (C=O) groups excluding carboxylic acids is 2. The molecular weight excluding hydrogens is 230 g/mol. The molecule has 1 aliphatic heterocycles. The van der Waals surface area contributed by atoms with Crippen LogP contribution in [0.4, 0.5) is 4.79 Å². The van der Waals surface area contributed by atoms with Crippen molar-refractivity contribution in [1.82, 2.24) is 4.90 Å². The van der Waals surface area contributed by atoms with E-state index in [0.717, 1.165) is 12.8 Å². The van der Waals surface area contributed by atoms with E-state index in [1.54, 1.807) is 4.90 Å². The monoisotopic (exact) mass is 251 g/mol. The standard InChI is InChI=1S/C14H21NO3/c1-5-7-12(16)11-8-6-9-15(10-11)13(17)18-14(2,3)4/h1,11H,6-10H2,2-4H3. The molecule has 0 aliphatic carbocycles. The number of piperidine rings is 1. The van der Waals surface area contributed by atoms with Gasteiger partial charge >= 0.3 is 6.09 Å². The Labute approximate surface area is 109 Å². The van der Waals surface area contributed by atoms with E-state index >= 15 is 0 Å². The number of carbonyl (C=O) groups is 2. The van der Waals surface area contributed by atoms with Crippen molar-refractivity contribution in [2.24, 2.45) is 5.92 Å². The van der Waals surface area contributed by atoms with Gasteiger partial charge in [-0.25, -0.2) is 4.79 Å². The molecule has 0 aromatic carbocycles. The van der Waals surface area contributed by atoms with Crippen LogP contribution in [0.3, 0.4) is 0 Å². The molecular formula is C14H21NO3. The van der Waals surface area contributed by atoms with Crippen LogP contribution in [0.5, 0.6) is 0 Å². The minimum atomic E-state index is -0.507. The molecule has 0 N–H and O–H groups in total. The van der Waals surface area contributed by atoms with Gasteiger partial charge < -0.3 is 9.64 Å². The number of hydrogen-bond acceptors (Lipinski definition) is 3. The molecule has 0 aromatic rings. The smallest absolute Gasteiger partial charge is 0.410 e. The first kappa shape index (κ1) is 14.6. The fourth-order valence-corrected chi connectivity index (χ4v) is 1.98. The van der Waals surface area contributed by atoms with Gasteiger partial charge in [0.2, 0.25) is 0 Å². The van der Waals surface area contributed by atoms with E-state index < -0.39 is 5.60 Å². The molecule has 100 valence electrons. The maximum Gasteiger partial charge on any atom is 0.410 e. The zero-order chi connectivity index (χ0) is 13.8. The fraction of sp³-hybridized carbons (Fsp3) is 0.714. The molecule has 1 unspecified atom stereocenters. The van der Waals surface area contributed by atoms with Crippen molar-refractivity contribution >= 4 is 11.9 Å². The van der Waals surface area contributed by atoms with Crippen LogP contribution in [0, 0.1) is 18.3 Å². The molecule has 18 heavy (non-hydrogen) atoms. The zero-order valence-corrected chi connectivity index (χ0v) is 11.4. The lowest BCUT2D eigenvalue weighted by Crippen LogP contribution is -2.44. The molecule has 1 atom stereocenters. The molecule has 1 rings (SSSR count). The molecule has 1 fully saturated rings. The number of ketones is 1. The van der Waals surface area contributed by atoms with Crippen LogP contribution in [0.1, 0.15) is 40.0 Å². The molecule has 4 nitrogen and oxygen atoms in total. The summed E-state index contributed by atoms with van der Waals surface area (Å²) in [5, 5.41) is 0. The van der Waals surface area contributed by atoms with Crippen LogP contribution >= 0.6 is 0 Å². The SMILES string of the molecule is C#CCC(=O)C1CCCN(C(=O)OC(C)(C)C)C1. The Morgan fingerprint density at radius 1 is 1.44 bits per heavy atom. The molecule has 0 bridgehead atoms. The number of terminal acetylenes is 1. The fourth-order valence-electron chi connectivity index (χ4n) is 1.98. The van der Waals surface area contributed by atoms with Crippen molar-refractivity contribution in [2.45, 2.75) is 45.6 Å². The third-order valence-corrected chi connectivity index (χ3v) is 2.80.